The second-order valence-electron chi connectivity index (χ2n) is 6.76. The van der Waals surface area contributed by atoms with E-state index < -0.39 is 17.9 Å². The molecule has 0 aliphatic carbocycles. The van der Waals surface area contributed by atoms with E-state index in [0.717, 1.165) is 0 Å². The molecular formula is C17H21BrClN3O3. The lowest BCUT2D eigenvalue weighted by molar-refractivity contribution is -0.0168. The lowest BCUT2D eigenvalue weighted by Crippen LogP contribution is -2.61. The number of rotatable bonds is 2. The van der Waals surface area contributed by atoms with Crippen LogP contribution in [-0.2, 0) is 4.74 Å². The van der Waals surface area contributed by atoms with Crippen molar-refractivity contribution in [3.05, 3.63) is 27.2 Å². The van der Waals surface area contributed by atoms with E-state index in [4.69, 9.17) is 21.1 Å². The van der Waals surface area contributed by atoms with Gasteiger partial charge in [0.2, 0.25) is 0 Å². The lowest BCUT2D eigenvalue weighted by atomic mass is 10.1. The molecule has 0 bridgehead atoms. The molecule has 25 heavy (non-hydrogen) atoms. The molecule has 1 aliphatic heterocycles. The molecule has 1 saturated heterocycles. The Morgan fingerprint density at radius 2 is 2.16 bits per heavy atom. The minimum absolute atomic E-state index is 0.286. The van der Waals surface area contributed by atoms with Crippen LogP contribution in [0.15, 0.2) is 16.6 Å². The first-order valence-electron chi connectivity index (χ1n) is 7.92. The minimum atomic E-state index is -0.570. The largest absolute Gasteiger partial charge is 0.470 e. The molecule has 2 rings (SSSR count). The van der Waals surface area contributed by atoms with Crippen LogP contribution in [0.5, 0.6) is 5.75 Å². The maximum absolute atomic E-state index is 12.4. The Morgan fingerprint density at radius 1 is 1.48 bits per heavy atom. The fourth-order valence-electron chi connectivity index (χ4n) is 2.45. The molecular weight excluding hydrogens is 410 g/mol. The summed E-state index contributed by atoms with van der Waals surface area (Å²) in [5, 5.41) is 12.8. The summed E-state index contributed by atoms with van der Waals surface area (Å²) in [4.78, 5) is 14.0. The Kier molecular flexibility index (Phi) is 6.20. The maximum Gasteiger partial charge on any atom is 0.410 e. The van der Waals surface area contributed by atoms with Crippen molar-refractivity contribution in [1.82, 2.24) is 10.2 Å². The Hall–Kier alpha value is -1.49. The summed E-state index contributed by atoms with van der Waals surface area (Å²) in [6, 6.07) is 5.09. The van der Waals surface area contributed by atoms with Crippen LogP contribution in [-0.4, -0.2) is 42.0 Å². The molecule has 1 N–H and O–H groups in total. The molecule has 2 atom stereocenters. The zero-order chi connectivity index (χ0) is 18.8. The number of carbonyl (C=O) groups is 1. The second kappa shape index (κ2) is 7.81. The van der Waals surface area contributed by atoms with Gasteiger partial charge < -0.3 is 9.47 Å². The van der Waals surface area contributed by atoms with Gasteiger partial charge in [0.05, 0.1) is 16.6 Å². The normalized spacial score (nSPS) is 20.8. The van der Waals surface area contributed by atoms with Gasteiger partial charge in [-0.2, -0.15) is 5.26 Å². The van der Waals surface area contributed by atoms with Crippen LogP contribution in [0.25, 0.3) is 0 Å². The summed E-state index contributed by atoms with van der Waals surface area (Å²) >= 11 is 9.61. The van der Waals surface area contributed by atoms with Crippen LogP contribution in [0, 0.1) is 11.3 Å². The molecule has 1 aromatic carbocycles. The summed E-state index contributed by atoms with van der Waals surface area (Å²) in [6.45, 7) is 8.39. The van der Waals surface area contributed by atoms with Crippen molar-refractivity contribution in [1.29, 1.82) is 5.26 Å². The van der Waals surface area contributed by atoms with E-state index in [1.807, 2.05) is 27.7 Å². The van der Waals surface area contributed by atoms with Crippen LogP contribution in [0.2, 0.25) is 5.02 Å². The number of benzene rings is 1. The van der Waals surface area contributed by atoms with Gasteiger partial charge in [-0.05, 0) is 55.8 Å². The number of amides is 1. The van der Waals surface area contributed by atoms with Gasteiger partial charge in [-0.15, -0.1) is 0 Å². The third-order valence-corrected chi connectivity index (χ3v) is 4.94. The fraction of sp³-hybridized carbons (Fsp3) is 0.529. The Balaban J connectivity index is 2.20. The molecule has 0 spiro atoms. The van der Waals surface area contributed by atoms with Crippen molar-refractivity contribution >= 4 is 33.6 Å². The summed E-state index contributed by atoms with van der Waals surface area (Å²) in [5.41, 5.74) is -0.240. The highest BCUT2D eigenvalue weighted by Crippen LogP contribution is 2.36. The quantitative estimate of drug-likeness (QED) is 0.770. The zero-order valence-electron chi connectivity index (χ0n) is 14.6. The molecule has 136 valence electrons. The van der Waals surface area contributed by atoms with Gasteiger partial charge in [-0.25, -0.2) is 4.79 Å². The number of carbonyl (C=O) groups excluding carboxylic acids is 1. The molecule has 0 aromatic heterocycles. The molecule has 1 heterocycles. The van der Waals surface area contributed by atoms with Crippen LogP contribution >= 0.6 is 27.5 Å². The molecule has 1 aliphatic rings. The number of nitriles is 1. The minimum Gasteiger partial charge on any atom is -0.470 e. The Bertz CT molecular complexity index is 700. The lowest BCUT2D eigenvalue weighted by Gasteiger charge is -2.40. The molecule has 1 fully saturated rings. The zero-order valence-corrected chi connectivity index (χ0v) is 16.9. The van der Waals surface area contributed by atoms with E-state index in [1.165, 1.54) is 0 Å². The van der Waals surface area contributed by atoms with Crippen molar-refractivity contribution in [2.75, 3.05) is 13.1 Å². The molecule has 1 amide bonds. The third-order valence-electron chi connectivity index (χ3n) is 3.67. The van der Waals surface area contributed by atoms with E-state index in [9.17, 15) is 10.1 Å². The fourth-order valence-corrected chi connectivity index (χ4v) is 2.97. The first kappa shape index (κ1) is 19.8. The molecule has 1 aromatic rings. The number of hydrogen-bond donors (Lipinski definition) is 1. The van der Waals surface area contributed by atoms with E-state index >= 15 is 0 Å². The number of ether oxygens (including phenoxy) is 2. The summed E-state index contributed by atoms with van der Waals surface area (Å²) in [7, 11) is 0. The van der Waals surface area contributed by atoms with Crippen LogP contribution < -0.4 is 10.1 Å². The molecule has 8 heteroatoms. The Labute approximate surface area is 161 Å². The smallest absolute Gasteiger partial charge is 0.410 e. The highest BCUT2D eigenvalue weighted by molar-refractivity contribution is 9.10. The van der Waals surface area contributed by atoms with Crippen molar-refractivity contribution < 1.29 is 14.3 Å². The standard InChI is InChI=1S/C17H21BrClN3O3/c1-10-15(21-7-8-22(10)16(23)25-17(2,3)4)24-14-11(9-20)5-6-12(18)13(14)19/h5-6,10,15,21H,7-8H2,1-4H3. The van der Waals surface area contributed by atoms with Crippen molar-refractivity contribution in [2.24, 2.45) is 0 Å². The number of nitrogens with zero attached hydrogens (tertiary/aromatic N) is 2. The predicted molar refractivity (Wildman–Crippen MR) is 98.7 cm³/mol. The Morgan fingerprint density at radius 3 is 2.76 bits per heavy atom. The van der Waals surface area contributed by atoms with Gasteiger partial charge in [-0.1, -0.05) is 11.6 Å². The highest BCUT2D eigenvalue weighted by Gasteiger charge is 2.35. The number of nitrogens with one attached hydrogen (secondary N) is 1. The maximum atomic E-state index is 12.4. The first-order valence-corrected chi connectivity index (χ1v) is 9.09. The summed E-state index contributed by atoms with van der Waals surface area (Å²) in [5.74, 6) is 0.286. The summed E-state index contributed by atoms with van der Waals surface area (Å²) < 4.78 is 12.1. The van der Waals surface area contributed by atoms with Gasteiger partial charge in [-0.3, -0.25) is 10.2 Å². The van der Waals surface area contributed by atoms with Crippen LogP contribution in [0.4, 0.5) is 4.79 Å². The average Bonchev–Trinajstić information content (AvgIpc) is 2.52. The van der Waals surface area contributed by atoms with Gasteiger partial charge >= 0.3 is 6.09 Å². The predicted octanol–water partition coefficient (Wildman–Crippen LogP) is 3.91. The SMILES string of the molecule is CC1C(Oc2c(C#N)ccc(Br)c2Cl)NCCN1C(=O)OC(C)(C)C. The molecule has 0 saturated carbocycles. The van der Waals surface area contributed by atoms with Crippen LogP contribution in [0.1, 0.15) is 33.3 Å². The van der Waals surface area contributed by atoms with Gasteiger partial charge in [0.25, 0.3) is 0 Å². The first-order chi connectivity index (χ1) is 11.6. The number of halogens is 2. The molecule has 6 nitrogen and oxygen atoms in total. The second-order valence-corrected chi connectivity index (χ2v) is 7.99. The average molecular weight is 431 g/mol. The molecule has 2 unspecified atom stereocenters. The van der Waals surface area contributed by atoms with Gasteiger partial charge in [0, 0.05) is 17.6 Å². The monoisotopic (exact) mass is 429 g/mol. The van der Waals surface area contributed by atoms with Gasteiger partial charge in [0.1, 0.15) is 11.7 Å². The van der Waals surface area contributed by atoms with Crippen molar-refractivity contribution in [3.63, 3.8) is 0 Å². The van der Waals surface area contributed by atoms with E-state index in [0.29, 0.717) is 28.1 Å². The van der Waals surface area contributed by atoms with E-state index in [-0.39, 0.29) is 11.8 Å². The highest BCUT2D eigenvalue weighted by atomic mass is 79.9. The van der Waals surface area contributed by atoms with E-state index in [1.54, 1.807) is 17.0 Å². The van der Waals surface area contributed by atoms with Gasteiger partial charge in [0.15, 0.2) is 12.0 Å². The molecule has 0 radical (unpaired) electrons. The van der Waals surface area contributed by atoms with Crippen molar-refractivity contribution in [3.8, 4) is 11.8 Å². The third kappa shape index (κ3) is 4.78. The van der Waals surface area contributed by atoms with E-state index in [2.05, 4.69) is 27.3 Å². The summed E-state index contributed by atoms with van der Waals surface area (Å²) in [6.07, 6.45) is -0.906. The van der Waals surface area contributed by atoms with Crippen LogP contribution in [0.3, 0.4) is 0 Å². The number of hydrogen-bond acceptors (Lipinski definition) is 5. The topological polar surface area (TPSA) is 74.6 Å². The van der Waals surface area contributed by atoms with Crippen molar-refractivity contribution in [2.45, 2.75) is 45.6 Å². The number of piperazine rings is 1.